The van der Waals surface area contributed by atoms with Gasteiger partial charge in [-0.2, -0.15) is 0 Å². The maximum absolute atomic E-state index is 4.61. The molecule has 1 fully saturated rings. The number of hydrogen-bond donors (Lipinski definition) is 0. The van der Waals surface area contributed by atoms with Crippen LogP contribution in [0.25, 0.3) is 6.08 Å². The number of anilines is 1. The van der Waals surface area contributed by atoms with E-state index < -0.39 is 9.41 Å². The van der Waals surface area contributed by atoms with E-state index in [0.29, 0.717) is 6.04 Å². The van der Waals surface area contributed by atoms with Crippen molar-refractivity contribution in [1.82, 2.24) is 9.97 Å². The second-order valence-corrected chi connectivity index (χ2v) is 10.4. The monoisotopic (exact) mass is 346 g/mol. The van der Waals surface area contributed by atoms with Gasteiger partial charge < -0.3 is 4.90 Å². The molecule has 0 bridgehead atoms. The standard InChI is InChI=1S/C19H30N4S/c1-5-24(4,20-2)13-15-9-11-16(12-10-15)23(3)19-17-7-6-8-18(17)21-14-22-19/h6-7,14-16H,4-5,8-13H2,1-3H3. The first-order valence-corrected chi connectivity index (χ1v) is 11.1. The summed E-state index contributed by atoms with van der Waals surface area (Å²) in [5.74, 6) is 8.64. The van der Waals surface area contributed by atoms with Crippen LogP contribution in [0.15, 0.2) is 16.8 Å². The Hall–Kier alpha value is -1.36. The van der Waals surface area contributed by atoms with E-state index in [1.165, 1.54) is 42.7 Å². The molecule has 1 unspecified atom stereocenters. The molecule has 5 heteroatoms. The minimum Gasteiger partial charge on any atom is -0.356 e. The zero-order valence-corrected chi connectivity index (χ0v) is 16.1. The smallest absolute Gasteiger partial charge is 0.139 e. The normalized spacial score (nSPS) is 25.1. The fourth-order valence-electron chi connectivity index (χ4n) is 3.96. The lowest BCUT2D eigenvalue weighted by molar-refractivity contribution is 0.343. The lowest BCUT2D eigenvalue weighted by Gasteiger charge is -2.36. The van der Waals surface area contributed by atoms with Gasteiger partial charge in [-0.1, -0.05) is 24.9 Å². The van der Waals surface area contributed by atoms with Gasteiger partial charge >= 0.3 is 0 Å². The van der Waals surface area contributed by atoms with Gasteiger partial charge in [-0.3, -0.25) is 4.36 Å². The molecule has 1 heterocycles. The third-order valence-electron chi connectivity index (χ3n) is 5.71. The molecule has 0 amide bonds. The van der Waals surface area contributed by atoms with E-state index in [1.54, 1.807) is 6.33 Å². The van der Waals surface area contributed by atoms with Crippen LogP contribution in [0.2, 0.25) is 0 Å². The van der Waals surface area contributed by atoms with Crippen LogP contribution in [0.1, 0.15) is 43.9 Å². The van der Waals surface area contributed by atoms with Crippen molar-refractivity contribution in [2.24, 2.45) is 10.3 Å². The molecule has 0 radical (unpaired) electrons. The average Bonchev–Trinajstić information content (AvgIpc) is 3.10. The van der Waals surface area contributed by atoms with Crippen molar-refractivity contribution in [3.63, 3.8) is 0 Å². The topological polar surface area (TPSA) is 41.4 Å². The van der Waals surface area contributed by atoms with Gasteiger partial charge in [0.05, 0.1) is 5.69 Å². The molecule has 0 spiro atoms. The molecule has 0 saturated heterocycles. The summed E-state index contributed by atoms with van der Waals surface area (Å²) in [4.78, 5) is 11.4. The summed E-state index contributed by atoms with van der Waals surface area (Å²) >= 11 is 0. The van der Waals surface area contributed by atoms with E-state index in [0.717, 1.165) is 23.9 Å². The zero-order valence-electron chi connectivity index (χ0n) is 15.2. The average molecular weight is 347 g/mol. The number of hydrogen-bond acceptors (Lipinski definition) is 4. The molecule has 1 saturated carbocycles. The predicted octanol–water partition coefficient (Wildman–Crippen LogP) is 3.46. The molecule has 1 aromatic heterocycles. The van der Waals surface area contributed by atoms with Crippen molar-refractivity contribution >= 4 is 27.2 Å². The first-order chi connectivity index (χ1) is 11.6. The summed E-state index contributed by atoms with van der Waals surface area (Å²) in [7, 11) is 3.17. The molecule has 2 aliphatic carbocycles. The summed E-state index contributed by atoms with van der Waals surface area (Å²) in [6.07, 6.45) is 12.1. The van der Waals surface area contributed by atoms with Gasteiger partial charge in [0, 0.05) is 37.9 Å². The van der Waals surface area contributed by atoms with E-state index in [1.807, 2.05) is 7.05 Å². The van der Waals surface area contributed by atoms with Crippen LogP contribution >= 0.6 is 0 Å². The largest absolute Gasteiger partial charge is 0.356 e. The maximum atomic E-state index is 4.61. The van der Waals surface area contributed by atoms with E-state index >= 15 is 0 Å². The molecule has 132 valence electrons. The first-order valence-electron chi connectivity index (χ1n) is 9.02. The highest BCUT2D eigenvalue weighted by atomic mass is 32.2. The summed E-state index contributed by atoms with van der Waals surface area (Å²) < 4.78 is 4.61. The van der Waals surface area contributed by atoms with Crippen LogP contribution in [-0.4, -0.2) is 47.5 Å². The molecule has 2 aliphatic rings. The van der Waals surface area contributed by atoms with E-state index in [9.17, 15) is 0 Å². The van der Waals surface area contributed by atoms with Crippen molar-refractivity contribution in [1.29, 1.82) is 0 Å². The third kappa shape index (κ3) is 3.51. The highest BCUT2D eigenvalue weighted by Crippen LogP contribution is 2.33. The summed E-state index contributed by atoms with van der Waals surface area (Å²) in [6, 6.07) is 0.587. The summed E-state index contributed by atoms with van der Waals surface area (Å²) in [6.45, 7) is 2.23. The Morgan fingerprint density at radius 3 is 2.71 bits per heavy atom. The molecule has 3 rings (SSSR count). The van der Waals surface area contributed by atoms with Crippen LogP contribution in [0.5, 0.6) is 0 Å². The Kier molecular flexibility index (Phi) is 5.28. The minimum absolute atomic E-state index is 0.587. The Bertz CT molecular complexity index is 723. The van der Waals surface area contributed by atoms with Crippen LogP contribution in [0.4, 0.5) is 5.82 Å². The van der Waals surface area contributed by atoms with Gasteiger partial charge in [-0.05, 0) is 37.4 Å². The van der Waals surface area contributed by atoms with Gasteiger partial charge in [-0.15, -0.1) is 9.41 Å². The van der Waals surface area contributed by atoms with E-state index in [2.05, 4.69) is 51.2 Å². The number of fused-ring (bicyclic) bond motifs is 1. The highest BCUT2D eigenvalue weighted by molar-refractivity contribution is 8.02. The van der Waals surface area contributed by atoms with E-state index in [-0.39, 0.29) is 0 Å². The second kappa shape index (κ2) is 7.26. The fraction of sp³-hybridized carbons (Fsp3) is 0.632. The highest BCUT2D eigenvalue weighted by Gasteiger charge is 2.27. The summed E-state index contributed by atoms with van der Waals surface area (Å²) in [5.41, 5.74) is 2.39. The quantitative estimate of drug-likeness (QED) is 0.767. The molecule has 4 nitrogen and oxygen atoms in total. The van der Waals surface area contributed by atoms with Crippen molar-refractivity contribution in [3.05, 3.63) is 23.7 Å². The molecule has 0 aromatic carbocycles. The second-order valence-electron chi connectivity index (χ2n) is 7.09. The Balaban J connectivity index is 1.64. The van der Waals surface area contributed by atoms with Crippen LogP contribution in [0.3, 0.4) is 0 Å². The lowest BCUT2D eigenvalue weighted by atomic mass is 9.86. The maximum Gasteiger partial charge on any atom is 0.139 e. The number of allylic oxidation sites excluding steroid dienone is 1. The Morgan fingerprint density at radius 2 is 2.04 bits per heavy atom. The van der Waals surface area contributed by atoms with Crippen molar-refractivity contribution in [2.75, 3.05) is 30.5 Å². The van der Waals surface area contributed by atoms with E-state index in [4.69, 9.17) is 0 Å². The molecule has 1 atom stereocenters. The van der Waals surface area contributed by atoms with Gasteiger partial charge in [0.2, 0.25) is 0 Å². The van der Waals surface area contributed by atoms with Crippen LogP contribution < -0.4 is 4.90 Å². The van der Waals surface area contributed by atoms with Crippen molar-refractivity contribution in [2.45, 2.75) is 45.1 Å². The van der Waals surface area contributed by atoms with Crippen LogP contribution in [-0.2, 0) is 15.8 Å². The van der Waals surface area contributed by atoms with Gasteiger partial charge in [0.15, 0.2) is 0 Å². The van der Waals surface area contributed by atoms with Gasteiger partial charge in [0.1, 0.15) is 12.1 Å². The van der Waals surface area contributed by atoms with Crippen LogP contribution in [0, 0.1) is 5.92 Å². The Morgan fingerprint density at radius 1 is 1.29 bits per heavy atom. The molecule has 1 aromatic rings. The molecule has 0 aliphatic heterocycles. The van der Waals surface area contributed by atoms with Crippen molar-refractivity contribution < 1.29 is 0 Å². The molecule has 0 N–H and O–H groups in total. The number of nitrogens with zero attached hydrogens (tertiary/aromatic N) is 4. The predicted molar refractivity (Wildman–Crippen MR) is 107 cm³/mol. The third-order valence-corrected chi connectivity index (χ3v) is 8.65. The van der Waals surface area contributed by atoms with Crippen molar-refractivity contribution in [3.8, 4) is 0 Å². The molecular weight excluding hydrogens is 316 g/mol. The number of aromatic nitrogens is 2. The fourth-order valence-corrected chi connectivity index (χ4v) is 5.81. The first kappa shape index (κ1) is 17.5. The zero-order chi connectivity index (χ0) is 17.2. The molecular formula is C19H30N4S. The summed E-state index contributed by atoms with van der Waals surface area (Å²) in [5, 5.41) is 0. The minimum atomic E-state index is -0.981. The SMILES string of the molecule is C=S(CC)(CC1CCC(N(C)c2ncnc3c2C=CC3)CC1)=NC. The Labute approximate surface area is 147 Å². The van der Waals surface area contributed by atoms with Gasteiger partial charge in [0.25, 0.3) is 0 Å². The lowest BCUT2D eigenvalue weighted by Crippen LogP contribution is -2.37. The molecule has 24 heavy (non-hydrogen) atoms. The number of rotatable bonds is 5. The van der Waals surface area contributed by atoms with Gasteiger partial charge in [-0.25, -0.2) is 9.97 Å².